The zero-order chi connectivity index (χ0) is 30.9. The number of aromatic carboxylic acids is 1. The third-order valence-electron chi connectivity index (χ3n) is 10.5. The quantitative estimate of drug-likeness (QED) is 0.179. The predicted molar refractivity (Wildman–Crippen MR) is 157 cm³/mol. The van der Waals surface area contributed by atoms with Crippen LogP contribution in [0.2, 0.25) is 0 Å². The summed E-state index contributed by atoms with van der Waals surface area (Å²) in [6.45, 7) is 15.4. The van der Waals surface area contributed by atoms with Gasteiger partial charge in [-0.05, 0) is 75.8 Å². The molecule has 41 heavy (non-hydrogen) atoms. The third kappa shape index (κ3) is 6.66. The molecule has 1 aromatic carbocycles. The van der Waals surface area contributed by atoms with Gasteiger partial charge in [0.1, 0.15) is 17.1 Å². The molecule has 2 aliphatic heterocycles. The number of ketones is 1. The van der Waals surface area contributed by atoms with Crippen LogP contribution < -0.4 is 0 Å². The van der Waals surface area contributed by atoms with E-state index in [1.54, 1.807) is 26.0 Å². The van der Waals surface area contributed by atoms with Crippen LogP contribution in [0.5, 0.6) is 5.75 Å². The van der Waals surface area contributed by atoms with Crippen LogP contribution >= 0.6 is 0 Å². The van der Waals surface area contributed by atoms with Crippen LogP contribution in [0.4, 0.5) is 0 Å². The molecule has 0 spiro atoms. The SMILES string of the molecule is CC[C@@H](C(=O)[C@@H](C)[C@@H](O)[C@H](C)CCc1ccc(C)c(O)c1C(=O)O)[C@@H](O)[C@H](C)[C@@]1(CC)O[C@@H]1CC[C@@]1(CC)O[C@@H]1C. The largest absolute Gasteiger partial charge is 0.507 e. The average Bonchev–Trinajstić information content (AvgIpc) is 3.84. The van der Waals surface area contributed by atoms with E-state index in [4.69, 9.17) is 9.47 Å². The molecule has 2 fully saturated rings. The number of benzene rings is 1. The smallest absolute Gasteiger partial charge is 0.339 e. The summed E-state index contributed by atoms with van der Waals surface area (Å²) < 4.78 is 12.1. The molecule has 4 N–H and O–H groups in total. The van der Waals surface area contributed by atoms with Gasteiger partial charge in [-0.2, -0.15) is 0 Å². The molecule has 8 nitrogen and oxygen atoms in total. The molecule has 8 heteroatoms. The molecule has 0 unspecified atom stereocenters. The van der Waals surface area contributed by atoms with Gasteiger partial charge in [0.05, 0.1) is 35.6 Å². The van der Waals surface area contributed by atoms with Gasteiger partial charge in [0.2, 0.25) is 0 Å². The van der Waals surface area contributed by atoms with E-state index in [9.17, 15) is 30.0 Å². The number of carboxylic acid groups (broad SMARTS) is 1. The van der Waals surface area contributed by atoms with Crippen molar-refractivity contribution in [3.8, 4) is 5.75 Å². The lowest BCUT2D eigenvalue weighted by molar-refractivity contribution is -0.136. The number of aliphatic hydroxyl groups excluding tert-OH is 2. The van der Waals surface area contributed by atoms with E-state index in [0.29, 0.717) is 30.4 Å². The van der Waals surface area contributed by atoms with E-state index in [-0.39, 0.29) is 46.7 Å². The minimum Gasteiger partial charge on any atom is -0.507 e. The molecule has 0 bridgehead atoms. The lowest BCUT2D eigenvalue weighted by Crippen LogP contribution is -2.45. The number of carbonyl (C=O) groups excluding carboxylic acids is 1. The summed E-state index contributed by atoms with van der Waals surface area (Å²) >= 11 is 0. The minimum atomic E-state index is -1.20. The first-order chi connectivity index (χ1) is 19.2. The lowest BCUT2D eigenvalue weighted by atomic mass is 9.73. The van der Waals surface area contributed by atoms with Crippen molar-refractivity contribution in [2.24, 2.45) is 23.7 Å². The van der Waals surface area contributed by atoms with Crippen molar-refractivity contribution in [3.05, 3.63) is 28.8 Å². The molecular formula is C33H52O8. The van der Waals surface area contributed by atoms with E-state index >= 15 is 0 Å². The molecule has 10 atom stereocenters. The van der Waals surface area contributed by atoms with Gasteiger partial charge < -0.3 is 29.9 Å². The normalized spacial score (nSPS) is 29.7. The van der Waals surface area contributed by atoms with Crippen molar-refractivity contribution < 1.29 is 39.5 Å². The van der Waals surface area contributed by atoms with Crippen molar-refractivity contribution in [2.75, 3.05) is 0 Å². The Morgan fingerprint density at radius 1 is 1.02 bits per heavy atom. The summed E-state index contributed by atoms with van der Waals surface area (Å²) in [5.41, 5.74) is 0.351. The van der Waals surface area contributed by atoms with Crippen LogP contribution in [0, 0.1) is 30.6 Å². The van der Waals surface area contributed by atoms with Crippen LogP contribution in [0.1, 0.15) is 108 Å². The van der Waals surface area contributed by atoms with Gasteiger partial charge in [-0.15, -0.1) is 0 Å². The molecule has 0 aliphatic carbocycles. The number of aliphatic hydroxyl groups is 2. The highest BCUT2D eigenvalue weighted by Gasteiger charge is 2.62. The summed E-state index contributed by atoms with van der Waals surface area (Å²) in [6.07, 6.45) is 3.19. The van der Waals surface area contributed by atoms with Crippen molar-refractivity contribution >= 4 is 11.8 Å². The Hall–Kier alpha value is -2.00. The molecule has 2 heterocycles. The number of hydrogen-bond acceptors (Lipinski definition) is 7. The summed E-state index contributed by atoms with van der Waals surface area (Å²) in [7, 11) is 0. The molecule has 2 aliphatic rings. The molecular weight excluding hydrogens is 524 g/mol. The van der Waals surface area contributed by atoms with E-state index in [0.717, 1.165) is 25.7 Å². The Morgan fingerprint density at radius 3 is 2.17 bits per heavy atom. The number of aryl methyl sites for hydroxylation is 2. The average molecular weight is 577 g/mol. The molecule has 2 saturated heterocycles. The highest BCUT2D eigenvalue weighted by molar-refractivity contribution is 5.93. The Kier molecular flexibility index (Phi) is 10.7. The van der Waals surface area contributed by atoms with Crippen molar-refractivity contribution in [2.45, 2.75) is 136 Å². The molecule has 0 radical (unpaired) electrons. The zero-order valence-electron chi connectivity index (χ0n) is 26.1. The lowest BCUT2D eigenvalue weighted by Gasteiger charge is -2.33. The van der Waals surface area contributed by atoms with Gasteiger partial charge in [0, 0.05) is 17.8 Å². The third-order valence-corrected chi connectivity index (χ3v) is 10.5. The number of carbonyl (C=O) groups is 2. The van der Waals surface area contributed by atoms with Crippen LogP contribution in [0.3, 0.4) is 0 Å². The number of Topliss-reactive ketones (excluding diaryl/α,β-unsaturated/α-hetero) is 1. The van der Waals surface area contributed by atoms with Crippen LogP contribution in [0.25, 0.3) is 0 Å². The summed E-state index contributed by atoms with van der Waals surface area (Å²) in [5.74, 6) is -3.48. The number of ether oxygens (including phenoxy) is 2. The number of epoxide rings is 2. The fraction of sp³-hybridized carbons (Fsp3) is 0.758. The van der Waals surface area contributed by atoms with E-state index < -0.39 is 35.6 Å². The van der Waals surface area contributed by atoms with E-state index in [2.05, 4.69) is 20.8 Å². The minimum absolute atomic E-state index is 0.0320. The van der Waals surface area contributed by atoms with Crippen molar-refractivity contribution in [3.63, 3.8) is 0 Å². The molecule has 0 aromatic heterocycles. The number of phenols is 1. The summed E-state index contributed by atoms with van der Waals surface area (Å²) in [6, 6.07) is 3.37. The molecule has 0 saturated carbocycles. The predicted octanol–water partition coefficient (Wildman–Crippen LogP) is 5.45. The van der Waals surface area contributed by atoms with E-state index in [1.807, 2.05) is 20.8 Å². The number of aromatic hydroxyl groups is 1. The highest BCUT2D eigenvalue weighted by atomic mass is 16.6. The van der Waals surface area contributed by atoms with Crippen molar-refractivity contribution in [1.82, 2.24) is 0 Å². The molecule has 3 rings (SSSR count). The Bertz CT molecular complexity index is 1080. The van der Waals surface area contributed by atoms with Gasteiger partial charge >= 0.3 is 5.97 Å². The van der Waals surface area contributed by atoms with Crippen LogP contribution in [-0.4, -0.2) is 67.8 Å². The monoisotopic (exact) mass is 576 g/mol. The van der Waals surface area contributed by atoms with Gasteiger partial charge in [-0.1, -0.05) is 53.7 Å². The standard InChI is InChI=1S/C33H52O8/c1-9-24(30(37)21(7)33(11-3)25(41-33)16-17-32(10-2)22(8)40-32)29(36)20(6)27(34)18(4)12-14-23-15-13-19(5)28(35)26(23)31(38)39/h13,15,18,20-22,24-25,27,30,34-35,37H,9-12,14,16-17H2,1-8H3,(H,38,39)/t18-,20+,21+,22-,24+,25-,27+,30+,32-,33-/m1/s1. The topological polar surface area (TPSA) is 140 Å². The van der Waals surface area contributed by atoms with Gasteiger partial charge in [0.25, 0.3) is 0 Å². The first-order valence-corrected chi connectivity index (χ1v) is 15.5. The summed E-state index contributed by atoms with van der Waals surface area (Å²) in [5, 5.41) is 42.4. The molecule has 1 aromatic rings. The highest BCUT2D eigenvalue weighted by Crippen LogP contribution is 2.53. The molecule has 232 valence electrons. The second-order valence-corrected chi connectivity index (χ2v) is 12.7. The second-order valence-electron chi connectivity index (χ2n) is 12.7. The molecule has 0 amide bonds. The van der Waals surface area contributed by atoms with Crippen molar-refractivity contribution in [1.29, 1.82) is 0 Å². The maximum Gasteiger partial charge on any atom is 0.339 e. The number of carboxylic acids is 1. The fourth-order valence-electron chi connectivity index (χ4n) is 7.06. The second kappa shape index (κ2) is 13.1. The van der Waals surface area contributed by atoms with E-state index in [1.165, 1.54) is 0 Å². The number of rotatable bonds is 17. The zero-order valence-corrected chi connectivity index (χ0v) is 26.1. The maximum atomic E-state index is 13.6. The Balaban J connectivity index is 1.61. The van der Waals surface area contributed by atoms with Gasteiger partial charge in [0.15, 0.2) is 0 Å². The summed E-state index contributed by atoms with van der Waals surface area (Å²) in [4.78, 5) is 25.4. The Labute approximate surface area is 245 Å². The van der Waals surface area contributed by atoms with Crippen LogP contribution in [0.15, 0.2) is 12.1 Å². The Morgan fingerprint density at radius 2 is 1.66 bits per heavy atom. The van der Waals surface area contributed by atoms with Gasteiger partial charge in [-0.3, -0.25) is 4.79 Å². The first kappa shape index (κ1) is 33.5. The van der Waals surface area contributed by atoms with Crippen LogP contribution in [-0.2, 0) is 20.7 Å². The fourth-order valence-corrected chi connectivity index (χ4v) is 7.06. The maximum absolute atomic E-state index is 13.6. The number of hydrogen-bond donors (Lipinski definition) is 4. The van der Waals surface area contributed by atoms with Gasteiger partial charge in [-0.25, -0.2) is 4.79 Å². The first-order valence-electron chi connectivity index (χ1n) is 15.5.